The van der Waals surface area contributed by atoms with E-state index in [4.69, 9.17) is 4.42 Å². The number of carbonyl (C=O) groups is 1. The van der Waals surface area contributed by atoms with Gasteiger partial charge in [-0.15, -0.1) is 10.2 Å². The van der Waals surface area contributed by atoms with Crippen molar-refractivity contribution < 1.29 is 9.21 Å². The lowest BCUT2D eigenvalue weighted by molar-refractivity contribution is 0.0771. The Morgan fingerprint density at radius 2 is 2.00 bits per heavy atom. The van der Waals surface area contributed by atoms with Crippen molar-refractivity contribution in [3.05, 3.63) is 28.7 Å². The molecule has 0 saturated carbocycles. The molecular weight excluding hydrogens is 246 g/mol. The van der Waals surface area contributed by atoms with Gasteiger partial charge in [0.2, 0.25) is 11.8 Å². The van der Waals surface area contributed by atoms with Gasteiger partial charge in [0.15, 0.2) is 0 Å². The number of hydrogen-bond donors (Lipinski definition) is 0. The Kier molecular flexibility index (Phi) is 3.37. The summed E-state index contributed by atoms with van der Waals surface area (Å²) in [5.41, 5.74) is 2.19. The first kappa shape index (κ1) is 13.3. The second-order valence-electron chi connectivity index (χ2n) is 4.55. The number of aromatic nitrogens is 4. The number of nitrogens with zero attached hydrogens (tertiary/aromatic N) is 5. The van der Waals surface area contributed by atoms with E-state index in [2.05, 4.69) is 15.3 Å². The van der Waals surface area contributed by atoms with Crippen molar-refractivity contribution in [2.45, 2.75) is 27.3 Å². The number of carbonyl (C=O) groups excluding carboxylic acids is 1. The van der Waals surface area contributed by atoms with Crippen molar-refractivity contribution in [3.63, 3.8) is 0 Å². The summed E-state index contributed by atoms with van der Waals surface area (Å²) in [7, 11) is 3.52. The SMILES string of the molecule is Cc1nnc(CN(C)C(=O)c2c(C)nn(C)c2C)o1. The summed E-state index contributed by atoms with van der Waals surface area (Å²) in [6, 6.07) is 0. The number of aryl methyl sites for hydroxylation is 3. The smallest absolute Gasteiger partial charge is 0.257 e. The third kappa shape index (κ3) is 2.49. The Balaban J connectivity index is 2.19. The van der Waals surface area contributed by atoms with E-state index in [0.717, 1.165) is 11.4 Å². The average molecular weight is 263 g/mol. The molecule has 0 fully saturated rings. The molecule has 19 heavy (non-hydrogen) atoms. The van der Waals surface area contributed by atoms with Crippen LogP contribution in [0.3, 0.4) is 0 Å². The van der Waals surface area contributed by atoms with Crippen LogP contribution in [0.1, 0.15) is 33.5 Å². The molecule has 2 aromatic rings. The Morgan fingerprint density at radius 3 is 2.47 bits per heavy atom. The third-order valence-electron chi connectivity index (χ3n) is 3.01. The minimum atomic E-state index is -0.0982. The molecule has 1 amide bonds. The lowest BCUT2D eigenvalue weighted by Crippen LogP contribution is -2.27. The van der Waals surface area contributed by atoms with E-state index in [1.165, 1.54) is 0 Å². The van der Waals surface area contributed by atoms with E-state index in [0.29, 0.717) is 17.3 Å². The summed E-state index contributed by atoms with van der Waals surface area (Å²) in [6.07, 6.45) is 0. The topological polar surface area (TPSA) is 77.1 Å². The summed E-state index contributed by atoms with van der Waals surface area (Å²) in [5.74, 6) is 0.816. The summed E-state index contributed by atoms with van der Waals surface area (Å²) in [5, 5.41) is 11.9. The number of rotatable bonds is 3. The van der Waals surface area contributed by atoms with Gasteiger partial charge < -0.3 is 9.32 Å². The van der Waals surface area contributed by atoms with Gasteiger partial charge in [0.1, 0.15) is 0 Å². The zero-order valence-electron chi connectivity index (χ0n) is 11.8. The van der Waals surface area contributed by atoms with E-state index < -0.39 is 0 Å². The highest BCUT2D eigenvalue weighted by atomic mass is 16.4. The second kappa shape index (κ2) is 4.83. The lowest BCUT2D eigenvalue weighted by atomic mass is 10.1. The standard InChI is InChI=1S/C12H17N5O2/c1-7-11(8(2)17(5)15-7)12(18)16(4)6-10-14-13-9(3)19-10/h6H2,1-5H3. The molecule has 0 saturated heterocycles. The van der Waals surface area contributed by atoms with Crippen molar-refractivity contribution >= 4 is 5.91 Å². The van der Waals surface area contributed by atoms with Gasteiger partial charge in [0.05, 0.1) is 17.8 Å². The zero-order valence-corrected chi connectivity index (χ0v) is 11.8. The van der Waals surface area contributed by atoms with Crippen molar-refractivity contribution in [3.8, 4) is 0 Å². The molecule has 102 valence electrons. The van der Waals surface area contributed by atoms with Crippen LogP contribution in [0.2, 0.25) is 0 Å². The number of hydrogen-bond acceptors (Lipinski definition) is 5. The average Bonchev–Trinajstić information content (AvgIpc) is 2.84. The first-order valence-corrected chi connectivity index (χ1v) is 5.94. The molecule has 7 heteroatoms. The minimum Gasteiger partial charge on any atom is -0.424 e. The van der Waals surface area contributed by atoms with Gasteiger partial charge in [-0.1, -0.05) is 0 Å². The summed E-state index contributed by atoms with van der Waals surface area (Å²) in [6.45, 7) is 5.70. The van der Waals surface area contributed by atoms with Crippen LogP contribution < -0.4 is 0 Å². The quantitative estimate of drug-likeness (QED) is 0.825. The molecule has 0 spiro atoms. The van der Waals surface area contributed by atoms with Crippen molar-refractivity contribution in [2.75, 3.05) is 7.05 Å². The van der Waals surface area contributed by atoms with Crippen LogP contribution in [0.5, 0.6) is 0 Å². The molecule has 2 rings (SSSR count). The lowest BCUT2D eigenvalue weighted by Gasteiger charge is -2.15. The summed E-state index contributed by atoms with van der Waals surface area (Å²) >= 11 is 0. The molecule has 0 atom stereocenters. The maximum Gasteiger partial charge on any atom is 0.257 e. The third-order valence-corrected chi connectivity index (χ3v) is 3.01. The molecular formula is C12H17N5O2. The van der Waals surface area contributed by atoms with E-state index in [1.54, 1.807) is 23.6 Å². The normalized spacial score (nSPS) is 10.8. The van der Waals surface area contributed by atoms with Crippen molar-refractivity contribution in [1.82, 2.24) is 24.9 Å². The van der Waals surface area contributed by atoms with Gasteiger partial charge >= 0.3 is 0 Å². The predicted molar refractivity (Wildman–Crippen MR) is 67.5 cm³/mol. The molecule has 0 radical (unpaired) electrons. The van der Waals surface area contributed by atoms with Crippen LogP contribution in [0.4, 0.5) is 0 Å². The number of amides is 1. The molecule has 0 unspecified atom stereocenters. The van der Waals surface area contributed by atoms with Gasteiger partial charge in [-0.2, -0.15) is 5.10 Å². The molecule has 0 aliphatic heterocycles. The highest BCUT2D eigenvalue weighted by Crippen LogP contribution is 2.15. The second-order valence-corrected chi connectivity index (χ2v) is 4.55. The van der Waals surface area contributed by atoms with E-state index in [1.807, 2.05) is 20.9 Å². The maximum atomic E-state index is 12.4. The molecule has 2 aromatic heterocycles. The van der Waals surface area contributed by atoms with Crippen LogP contribution in [0, 0.1) is 20.8 Å². The highest BCUT2D eigenvalue weighted by Gasteiger charge is 2.21. The van der Waals surface area contributed by atoms with Gasteiger partial charge in [-0.05, 0) is 13.8 Å². The van der Waals surface area contributed by atoms with E-state index >= 15 is 0 Å². The van der Waals surface area contributed by atoms with Gasteiger partial charge in [-0.25, -0.2) is 0 Å². The Labute approximate surface area is 111 Å². The first-order valence-electron chi connectivity index (χ1n) is 5.94. The monoisotopic (exact) mass is 263 g/mol. The van der Waals surface area contributed by atoms with Crippen LogP contribution in [-0.2, 0) is 13.6 Å². The molecule has 0 bridgehead atoms. The van der Waals surface area contributed by atoms with E-state index in [9.17, 15) is 4.79 Å². The predicted octanol–water partition coefficient (Wildman–Crippen LogP) is 1.00. The molecule has 0 aromatic carbocycles. The fraction of sp³-hybridized carbons (Fsp3) is 0.500. The van der Waals surface area contributed by atoms with Gasteiger partial charge in [0.25, 0.3) is 5.91 Å². The molecule has 0 N–H and O–H groups in total. The Hall–Kier alpha value is -2.18. The summed E-state index contributed by atoms with van der Waals surface area (Å²) in [4.78, 5) is 13.9. The highest BCUT2D eigenvalue weighted by molar-refractivity contribution is 5.96. The fourth-order valence-corrected chi connectivity index (χ4v) is 1.95. The maximum absolute atomic E-state index is 12.4. The van der Waals surface area contributed by atoms with Crippen molar-refractivity contribution in [2.24, 2.45) is 7.05 Å². The molecule has 0 aliphatic carbocycles. The Morgan fingerprint density at radius 1 is 1.32 bits per heavy atom. The van der Waals surface area contributed by atoms with Crippen LogP contribution in [0.25, 0.3) is 0 Å². The zero-order chi connectivity index (χ0) is 14.2. The first-order chi connectivity index (χ1) is 8.90. The van der Waals surface area contributed by atoms with Crippen LogP contribution in [0.15, 0.2) is 4.42 Å². The molecule has 0 aliphatic rings. The minimum absolute atomic E-state index is 0.0982. The molecule has 2 heterocycles. The van der Waals surface area contributed by atoms with Gasteiger partial charge in [-0.3, -0.25) is 9.48 Å². The van der Waals surface area contributed by atoms with E-state index in [-0.39, 0.29) is 12.5 Å². The molecule has 7 nitrogen and oxygen atoms in total. The van der Waals surface area contributed by atoms with Gasteiger partial charge in [0, 0.05) is 26.7 Å². The van der Waals surface area contributed by atoms with Crippen LogP contribution >= 0.6 is 0 Å². The Bertz CT molecular complexity index is 614. The fourth-order valence-electron chi connectivity index (χ4n) is 1.95. The van der Waals surface area contributed by atoms with Crippen LogP contribution in [-0.4, -0.2) is 37.8 Å². The summed E-state index contributed by atoms with van der Waals surface area (Å²) < 4.78 is 6.97. The largest absolute Gasteiger partial charge is 0.424 e. The van der Waals surface area contributed by atoms with Crippen molar-refractivity contribution in [1.29, 1.82) is 0 Å².